The van der Waals surface area contributed by atoms with Gasteiger partial charge < -0.3 is 4.74 Å². The quantitative estimate of drug-likeness (QED) is 0.591. The third-order valence-corrected chi connectivity index (χ3v) is 4.10. The van der Waals surface area contributed by atoms with Gasteiger partial charge in [-0.1, -0.05) is 12.2 Å². The zero-order chi connectivity index (χ0) is 12.9. The highest BCUT2D eigenvalue weighted by atomic mass is 32.2. The van der Waals surface area contributed by atoms with Crippen LogP contribution in [0.4, 0.5) is 0 Å². The van der Waals surface area contributed by atoms with Crippen molar-refractivity contribution in [2.45, 2.75) is 39.4 Å². The van der Waals surface area contributed by atoms with Gasteiger partial charge in [0.05, 0.1) is 12.2 Å². The van der Waals surface area contributed by atoms with Crippen molar-refractivity contribution in [1.82, 2.24) is 9.03 Å². The van der Waals surface area contributed by atoms with E-state index < -0.39 is 10.2 Å². The molecule has 1 aliphatic rings. The molecule has 17 heavy (non-hydrogen) atoms. The minimum Gasteiger partial charge on any atom is -0.373 e. The smallest absolute Gasteiger partial charge is 0.279 e. The summed E-state index contributed by atoms with van der Waals surface area (Å²) in [7, 11) is -3.36. The number of nitrogens with zero attached hydrogens (tertiary/aromatic N) is 1. The summed E-state index contributed by atoms with van der Waals surface area (Å²) in [5.41, 5.74) is 0. The highest BCUT2D eigenvalue weighted by Gasteiger charge is 2.30. The van der Waals surface area contributed by atoms with Crippen LogP contribution >= 0.6 is 0 Å². The van der Waals surface area contributed by atoms with E-state index in [-0.39, 0.29) is 12.2 Å². The van der Waals surface area contributed by atoms with E-state index in [1.807, 2.05) is 32.9 Å². The lowest BCUT2D eigenvalue weighted by molar-refractivity contribution is -0.0443. The maximum Gasteiger partial charge on any atom is 0.279 e. The van der Waals surface area contributed by atoms with E-state index in [9.17, 15) is 8.42 Å². The van der Waals surface area contributed by atoms with Gasteiger partial charge in [0.1, 0.15) is 0 Å². The molecule has 1 N–H and O–H groups in total. The Bertz CT molecular complexity index is 344. The molecule has 2 atom stereocenters. The van der Waals surface area contributed by atoms with Crippen LogP contribution in [0.25, 0.3) is 0 Å². The molecule has 1 rings (SSSR count). The number of hydrogen-bond donors (Lipinski definition) is 1. The van der Waals surface area contributed by atoms with Gasteiger partial charge in [-0.3, -0.25) is 0 Å². The minimum absolute atomic E-state index is 0.0501. The predicted octanol–water partition coefficient (Wildman–Crippen LogP) is 0.896. The van der Waals surface area contributed by atoms with Crippen molar-refractivity contribution in [3.63, 3.8) is 0 Å². The Balaban J connectivity index is 2.51. The van der Waals surface area contributed by atoms with Crippen LogP contribution in [0.3, 0.4) is 0 Å². The number of nitrogens with one attached hydrogen (secondary N) is 1. The summed E-state index contributed by atoms with van der Waals surface area (Å²) in [6, 6.07) is 0. The van der Waals surface area contributed by atoms with Crippen molar-refractivity contribution in [3.8, 4) is 0 Å². The fourth-order valence-corrected chi connectivity index (χ4v) is 3.23. The lowest BCUT2D eigenvalue weighted by Crippen LogP contribution is -2.51. The Morgan fingerprint density at radius 1 is 1.35 bits per heavy atom. The predicted molar refractivity (Wildman–Crippen MR) is 67.9 cm³/mol. The minimum atomic E-state index is -3.36. The second-order valence-corrected chi connectivity index (χ2v) is 6.09. The summed E-state index contributed by atoms with van der Waals surface area (Å²) in [6.07, 6.45) is 4.46. The van der Waals surface area contributed by atoms with Gasteiger partial charge in [-0.05, 0) is 27.2 Å². The Labute approximate surface area is 104 Å². The summed E-state index contributed by atoms with van der Waals surface area (Å²) in [6.45, 7) is 6.97. The Morgan fingerprint density at radius 2 is 1.94 bits per heavy atom. The summed E-state index contributed by atoms with van der Waals surface area (Å²) >= 11 is 0. The molecule has 0 spiro atoms. The number of morpholine rings is 1. The molecule has 5 nitrogen and oxygen atoms in total. The molecule has 0 aromatic carbocycles. The van der Waals surface area contributed by atoms with Gasteiger partial charge in [0.25, 0.3) is 10.2 Å². The van der Waals surface area contributed by atoms with E-state index in [0.29, 0.717) is 26.1 Å². The topological polar surface area (TPSA) is 58.6 Å². The largest absolute Gasteiger partial charge is 0.373 e. The molecule has 0 aliphatic carbocycles. The zero-order valence-corrected chi connectivity index (χ0v) is 11.5. The van der Waals surface area contributed by atoms with E-state index in [1.165, 1.54) is 4.31 Å². The van der Waals surface area contributed by atoms with Crippen LogP contribution in [-0.4, -0.2) is 44.6 Å². The molecule has 100 valence electrons. The van der Waals surface area contributed by atoms with Gasteiger partial charge >= 0.3 is 0 Å². The molecule has 1 heterocycles. The average Bonchev–Trinajstić information content (AvgIpc) is 2.23. The van der Waals surface area contributed by atoms with Crippen LogP contribution in [0.15, 0.2) is 12.2 Å². The fourth-order valence-electron chi connectivity index (χ4n) is 1.86. The lowest BCUT2D eigenvalue weighted by atomic mass is 10.3. The first-order valence-electron chi connectivity index (χ1n) is 5.97. The highest BCUT2D eigenvalue weighted by molar-refractivity contribution is 7.87. The molecule has 0 aromatic heterocycles. The van der Waals surface area contributed by atoms with Crippen molar-refractivity contribution in [3.05, 3.63) is 12.2 Å². The number of rotatable bonds is 5. The molecule has 0 aromatic rings. The zero-order valence-electron chi connectivity index (χ0n) is 10.7. The molecule has 0 amide bonds. The molecule has 0 radical (unpaired) electrons. The molecule has 6 heteroatoms. The molecular formula is C11H22N2O3S. The highest BCUT2D eigenvalue weighted by Crippen LogP contribution is 2.13. The van der Waals surface area contributed by atoms with Gasteiger partial charge in [0.2, 0.25) is 0 Å². The Hall–Kier alpha value is -0.430. The molecular weight excluding hydrogens is 240 g/mol. The fraction of sp³-hybridized carbons (Fsp3) is 0.818. The Morgan fingerprint density at radius 3 is 2.47 bits per heavy atom. The average molecular weight is 262 g/mol. The van der Waals surface area contributed by atoms with Gasteiger partial charge in [-0.2, -0.15) is 12.7 Å². The maximum absolute atomic E-state index is 12.0. The van der Waals surface area contributed by atoms with Crippen LogP contribution < -0.4 is 4.72 Å². The van der Waals surface area contributed by atoms with E-state index >= 15 is 0 Å². The maximum atomic E-state index is 12.0. The number of ether oxygens (including phenoxy) is 1. The first-order chi connectivity index (χ1) is 7.95. The van der Waals surface area contributed by atoms with E-state index in [2.05, 4.69) is 4.72 Å². The molecule has 1 fully saturated rings. The first-order valence-corrected chi connectivity index (χ1v) is 7.41. The summed E-state index contributed by atoms with van der Waals surface area (Å²) in [5.74, 6) is 0. The van der Waals surface area contributed by atoms with Crippen molar-refractivity contribution < 1.29 is 13.2 Å². The molecule has 2 unspecified atom stereocenters. The van der Waals surface area contributed by atoms with Crippen molar-refractivity contribution in [2.75, 3.05) is 19.6 Å². The number of allylic oxidation sites excluding steroid dienone is 1. The van der Waals surface area contributed by atoms with Gasteiger partial charge in [0.15, 0.2) is 0 Å². The standard InChI is InChI=1S/C11H22N2O3S/c1-4-5-6-7-12-17(14,15)13-8-10(2)16-11(3)9-13/h4-5,10-12H,6-9H2,1-3H3/b5-4+. The van der Waals surface area contributed by atoms with Crippen molar-refractivity contribution >= 4 is 10.2 Å². The third kappa shape index (κ3) is 4.75. The lowest BCUT2D eigenvalue weighted by Gasteiger charge is -2.34. The van der Waals surface area contributed by atoms with Gasteiger partial charge in [0, 0.05) is 19.6 Å². The molecule has 1 saturated heterocycles. The van der Waals surface area contributed by atoms with E-state index in [1.54, 1.807) is 0 Å². The Kier molecular flexibility index (Phi) is 5.58. The van der Waals surface area contributed by atoms with Crippen LogP contribution in [0.5, 0.6) is 0 Å². The normalized spacial score (nSPS) is 27.7. The van der Waals surface area contributed by atoms with Gasteiger partial charge in [-0.25, -0.2) is 4.72 Å². The van der Waals surface area contributed by atoms with Crippen LogP contribution in [0, 0.1) is 0 Å². The third-order valence-electron chi connectivity index (χ3n) is 2.56. The van der Waals surface area contributed by atoms with Crippen molar-refractivity contribution in [1.29, 1.82) is 0 Å². The monoisotopic (exact) mass is 262 g/mol. The molecule has 0 saturated carbocycles. The van der Waals surface area contributed by atoms with E-state index in [4.69, 9.17) is 4.74 Å². The van der Waals surface area contributed by atoms with Crippen LogP contribution in [-0.2, 0) is 14.9 Å². The van der Waals surface area contributed by atoms with Crippen LogP contribution in [0.1, 0.15) is 27.2 Å². The molecule has 1 aliphatic heterocycles. The second kappa shape index (κ2) is 6.49. The number of hydrogen-bond acceptors (Lipinski definition) is 3. The summed E-state index contributed by atoms with van der Waals surface area (Å²) < 4.78 is 33.5. The first kappa shape index (κ1) is 14.6. The van der Waals surface area contributed by atoms with Crippen LogP contribution in [0.2, 0.25) is 0 Å². The second-order valence-electron chi connectivity index (χ2n) is 4.33. The molecule has 0 bridgehead atoms. The SMILES string of the molecule is C/C=C/CCNS(=O)(=O)N1CC(C)OC(C)C1. The summed E-state index contributed by atoms with van der Waals surface area (Å²) in [5, 5.41) is 0. The van der Waals surface area contributed by atoms with Gasteiger partial charge in [-0.15, -0.1) is 0 Å². The van der Waals surface area contributed by atoms with E-state index in [0.717, 1.165) is 0 Å². The van der Waals surface area contributed by atoms with Crippen molar-refractivity contribution in [2.24, 2.45) is 0 Å². The summed E-state index contributed by atoms with van der Waals surface area (Å²) in [4.78, 5) is 0.